The number of hydrogen-bond donors (Lipinski definition) is 2. The minimum absolute atomic E-state index is 0.0198. The molecule has 0 spiro atoms. The van der Waals surface area contributed by atoms with Crippen molar-refractivity contribution in [1.29, 1.82) is 0 Å². The van der Waals surface area contributed by atoms with Crippen molar-refractivity contribution >= 4 is 17.4 Å². The summed E-state index contributed by atoms with van der Waals surface area (Å²) in [5, 5.41) is 3.02. The van der Waals surface area contributed by atoms with Gasteiger partial charge in [-0.1, -0.05) is 0 Å². The van der Waals surface area contributed by atoms with Crippen LogP contribution in [0.2, 0.25) is 0 Å². The van der Waals surface area contributed by atoms with Crippen LogP contribution in [0.4, 0.5) is 11.5 Å². The molecule has 0 radical (unpaired) electrons. The van der Waals surface area contributed by atoms with E-state index in [1.54, 1.807) is 18.3 Å². The van der Waals surface area contributed by atoms with Crippen LogP contribution in [0.15, 0.2) is 18.3 Å². The molecule has 1 saturated carbocycles. The van der Waals surface area contributed by atoms with Crippen LogP contribution in [-0.2, 0) is 9.53 Å². The monoisotopic (exact) mass is 262 g/mol. The normalized spacial score (nSPS) is 23.2. The van der Waals surface area contributed by atoms with Crippen molar-refractivity contribution in [3.05, 3.63) is 18.3 Å². The Morgan fingerprint density at radius 1 is 1.53 bits per heavy atom. The van der Waals surface area contributed by atoms with Gasteiger partial charge in [-0.05, 0) is 18.9 Å². The number of rotatable bonds is 3. The van der Waals surface area contributed by atoms with E-state index in [0.29, 0.717) is 31.5 Å². The fraction of sp³-hybridized carbons (Fsp3) is 0.538. The number of carbonyl (C=O) groups is 1. The fourth-order valence-electron chi connectivity index (χ4n) is 2.21. The SMILES string of the molecule is Nc1ccnc(N2CCOCC2C(=O)NC2CC2)c1. The number of morpholine rings is 1. The zero-order valence-corrected chi connectivity index (χ0v) is 10.7. The Bertz CT molecular complexity index is 475. The molecule has 1 aromatic rings. The molecular weight excluding hydrogens is 244 g/mol. The second kappa shape index (κ2) is 5.05. The molecule has 1 saturated heterocycles. The maximum atomic E-state index is 12.2. The Morgan fingerprint density at radius 2 is 2.37 bits per heavy atom. The summed E-state index contributed by atoms with van der Waals surface area (Å²) in [6.45, 7) is 1.65. The third kappa shape index (κ3) is 2.78. The predicted molar refractivity (Wildman–Crippen MR) is 71.8 cm³/mol. The first-order valence-electron chi connectivity index (χ1n) is 6.60. The molecule has 1 aromatic heterocycles. The lowest BCUT2D eigenvalue weighted by molar-refractivity contribution is -0.124. The Labute approximate surface area is 111 Å². The highest BCUT2D eigenvalue weighted by Crippen LogP contribution is 2.22. The summed E-state index contributed by atoms with van der Waals surface area (Å²) in [6.07, 6.45) is 3.82. The van der Waals surface area contributed by atoms with E-state index in [2.05, 4.69) is 10.3 Å². The lowest BCUT2D eigenvalue weighted by Gasteiger charge is -2.35. The number of aromatic nitrogens is 1. The van der Waals surface area contributed by atoms with Crippen LogP contribution in [0, 0.1) is 0 Å². The lowest BCUT2D eigenvalue weighted by atomic mass is 10.2. The number of nitrogens with one attached hydrogen (secondary N) is 1. The average molecular weight is 262 g/mol. The molecule has 2 aliphatic rings. The minimum Gasteiger partial charge on any atom is -0.399 e. The van der Waals surface area contributed by atoms with E-state index in [4.69, 9.17) is 10.5 Å². The Kier molecular flexibility index (Phi) is 3.25. The summed E-state index contributed by atoms with van der Waals surface area (Å²) in [5.41, 5.74) is 6.43. The van der Waals surface area contributed by atoms with Gasteiger partial charge in [0.2, 0.25) is 5.91 Å². The summed E-state index contributed by atoms with van der Waals surface area (Å²) < 4.78 is 5.43. The third-order valence-electron chi connectivity index (χ3n) is 3.42. The van der Waals surface area contributed by atoms with Gasteiger partial charge < -0.3 is 20.7 Å². The topological polar surface area (TPSA) is 80.5 Å². The maximum Gasteiger partial charge on any atom is 0.245 e. The quantitative estimate of drug-likeness (QED) is 0.810. The van der Waals surface area contributed by atoms with Crippen LogP contribution in [0.25, 0.3) is 0 Å². The van der Waals surface area contributed by atoms with Crippen LogP contribution in [0.3, 0.4) is 0 Å². The van der Waals surface area contributed by atoms with E-state index in [1.165, 1.54) is 0 Å². The summed E-state index contributed by atoms with van der Waals surface area (Å²) in [5.74, 6) is 0.755. The molecule has 102 valence electrons. The zero-order chi connectivity index (χ0) is 13.2. The molecular formula is C13H18N4O2. The highest BCUT2D eigenvalue weighted by atomic mass is 16.5. The van der Waals surface area contributed by atoms with Gasteiger partial charge in [0.05, 0.1) is 13.2 Å². The van der Waals surface area contributed by atoms with Crippen LogP contribution in [0.1, 0.15) is 12.8 Å². The molecule has 19 heavy (non-hydrogen) atoms. The van der Waals surface area contributed by atoms with E-state index in [-0.39, 0.29) is 11.9 Å². The number of nitrogens with zero attached hydrogens (tertiary/aromatic N) is 2. The van der Waals surface area contributed by atoms with Crippen molar-refractivity contribution < 1.29 is 9.53 Å². The van der Waals surface area contributed by atoms with E-state index in [1.807, 2.05) is 4.90 Å². The van der Waals surface area contributed by atoms with Crippen LogP contribution < -0.4 is 16.0 Å². The number of ether oxygens (including phenoxy) is 1. The van der Waals surface area contributed by atoms with Crippen molar-refractivity contribution in [3.63, 3.8) is 0 Å². The Balaban J connectivity index is 1.77. The maximum absolute atomic E-state index is 12.2. The van der Waals surface area contributed by atoms with Gasteiger partial charge in [0.15, 0.2) is 0 Å². The predicted octanol–water partition coefficient (Wildman–Crippen LogP) is 0.148. The number of hydrogen-bond acceptors (Lipinski definition) is 5. The van der Waals surface area contributed by atoms with E-state index in [0.717, 1.165) is 18.7 Å². The van der Waals surface area contributed by atoms with Crippen molar-refractivity contribution in [2.24, 2.45) is 0 Å². The van der Waals surface area contributed by atoms with Gasteiger partial charge in [0.25, 0.3) is 0 Å². The number of anilines is 2. The van der Waals surface area contributed by atoms with Crippen molar-refractivity contribution in [3.8, 4) is 0 Å². The first-order valence-corrected chi connectivity index (χ1v) is 6.60. The highest BCUT2D eigenvalue weighted by molar-refractivity contribution is 5.86. The molecule has 6 nitrogen and oxygen atoms in total. The first-order chi connectivity index (χ1) is 9.24. The number of nitrogen functional groups attached to an aromatic ring is 1. The highest BCUT2D eigenvalue weighted by Gasteiger charge is 2.33. The van der Waals surface area contributed by atoms with Crippen LogP contribution in [0.5, 0.6) is 0 Å². The summed E-state index contributed by atoms with van der Waals surface area (Å²) in [6, 6.07) is 3.57. The van der Waals surface area contributed by atoms with Gasteiger partial charge >= 0.3 is 0 Å². The number of nitrogens with two attached hydrogens (primary N) is 1. The number of amides is 1. The smallest absolute Gasteiger partial charge is 0.245 e. The van der Waals surface area contributed by atoms with Gasteiger partial charge in [-0.3, -0.25) is 4.79 Å². The molecule has 3 N–H and O–H groups in total. The number of pyridine rings is 1. The van der Waals surface area contributed by atoms with E-state index < -0.39 is 0 Å². The van der Waals surface area contributed by atoms with E-state index >= 15 is 0 Å². The largest absolute Gasteiger partial charge is 0.399 e. The molecule has 0 bridgehead atoms. The lowest BCUT2D eigenvalue weighted by Crippen LogP contribution is -2.54. The first kappa shape index (κ1) is 12.2. The fourth-order valence-corrected chi connectivity index (χ4v) is 2.21. The van der Waals surface area contributed by atoms with Crippen molar-refractivity contribution in [1.82, 2.24) is 10.3 Å². The third-order valence-corrected chi connectivity index (χ3v) is 3.42. The van der Waals surface area contributed by atoms with Crippen LogP contribution >= 0.6 is 0 Å². The minimum atomic E-state index is -0.316. The number of carbonyl (C=O) groups excluding carboxylic acids is 1. The Hall–Kier alpha value is -1.82. The summed E-state index contributed by atoms with van der Waals surface area (Å²) in [7, 11) is 0. The molecule has 1 unspecified atom stereocenters. The molecule has 6 heteroatoms. The molecule has 1 atom stereocenters. The average Bonchev–Trinajstić information content (AvgIpc) is 3.23. The molecule has 1 aliphatic carbocycles. The molecule has 1 aliphatic heterocycles. The molecule has 1 amide bonds. The molecule has 2 heterocycles. The molecule has 3 rings (SSSR count). The molecule has 2 fully saturated rings. The zero-order valence-electron chi connectivity index (χ0n) is 10.7. The summed E-state index contributed by atoms with van der Waals surface area (Å²) in [4.78, 5) is 18.5. The molecule has 0 aromatic carbocycles. The van der Waals surface area contributed by atoms with Gasteiger partial charge in [0.1, 0.15) is 11.9 Å². The van der Waals surface area contributed by atoms with Crippen molar-refractivity contribution in [2.45, 2.75) is 24.9 Å². The second-order valence-corrected chi connectivity index (χ2v) is 5.01. The van der Waals surface area contributed by atoms with Crippen LogP contribution in [-0.4, -0.2) is 42.7 Å². The van der Waals surface area contributed by atoms with Gasteiger partial charge in [-0.25, -0.2) is 4.98 Å². The van der Waals surface area contributed by atoms with E-state index in [9.17, 15) is 4.79 Å². The van der Waals surface area contributed by atoms with Gasteiger partial charge in [-0.15, -0.1) is 0 Å². The summed E-state index contributed by atoms with van der Waals surface area (Å²) >= 11 is 0. The standard InChI is InChI=1S/C13H18N4O2/c14-9-3-4-15-12(7-9)17-5-6-19-8-11(17)13(18)16-10-1-2-10/h3-4,7,10-11H,1-2,5-6,8H2,(H2,14,15)(H,16,18). The van der Waals surface area contributed by atoms with Gasteiger partial charge in [0, 0.05) is 30.5 Å². The Morgan fingerprint density at radius 3 is 3.11 bits per heavy atom. The second-order valence-electron chi connectivity index (χ2n) is 5.01. The van der Waals surface area contributed by atoms with Gasteiger partial charge in [-0.2, -0.15) is 0 Å². The van der Waals surface area contributed by atoms with Crippen molar-refractivity contribution in [2.75, 3.05) is 30.4 Å².